The average molecular weight is 364 g/mol. The summed E-state index contributed by atoms with van der Waals surface area (Å²) in [5.74, 6) is -0.534. The van der Waals surface area contributed by atoms with Crippen molar-refractivity contribution >= 4 is 5.91 Å². The first-order valence-corrected chi connectivity index (χ1v) is 9.33. The molecule has 0 saturated carbocycles. The number of rotatable bonds is 7. The minimum Gasteiger partial charge on any atom is -0.345 e. The Bertz CT molecular complexity index is 888. The van der Waals surface area contributed by atoms with E-state index in [0.717, 1.165) is 18.7 Å². The number of nitrogens with zero attached hydrogens (tertiary/aromatic N) is 2. The summed E-state index contributed by atoms with van der Waals surface area (Å²) < 4.78 is 15.7. The summed E-state index contributed by atoms with van der Waals surface area (Å²) in [5.41, 5.74) is 2.65. The van der Waals surface area contributed by atoms with Crippen LogP contribution in [0.5, 0.6) is 0 Å². The van der Waals surface area contributed by atoms with E-state index in [1.54, 1.807) is 12.1 Å². The van der Waals surface area contributed by atoms with Gasteiger partial charge in [-0.25, -0.2) is 4.39 Å². The number of carbonyl (C=O) groups excluding carboxylic acids is 1. The fraction of sp³-hybridized carbons (Fsp3) is 0.261. The number of hydrogen-bond acceptors (Lipinski definition) is 1. The molecule has 4 heteroatoms. The van der Waals surface area contributed by atoms with Crippen molar-refractivity contribution in [2.75, 3.05) is 0 Å². The van der Waals surface area contributed by atoms with Crippen molar-refractivity contribution in [1.29, 1.82) is 0 Å². The lowest BCUT2D eigenvalue weighted by molar-refractivity contribution is 0.0666. The van der Waals surface area contributed by atoms with E-state index in [1.165, 1.54) is 17.7 Å². The van der Waals surface area contributed by atoms with Crippen molar-refractivity contribution in [3.05, 3.63) is 95.6 Å². The Morgan fingerprint density at radius 3 is 2.56 bits per heavy atom. The van der Waals surface area contributed by atoms with Gasteiger partial charge in [0.1, 0.15) is 5.82 Å². The molecule has 3 nitrogen and oxygen atoms in total. The van der Waals surface area contributed by atoms with E-state index < -0.39 is 5.82 Å². The van der Waals surface area contributed by atoms with Gasteiger partial charge in [0.05, 0.1) is 6.54 Å². The van der Waals surface area contributed by atoms with Gasteiger partial charge in [0.25, 0.3) is 5.91 Å². The molecule has 0 aliphatic heterocycles. The molecule has 0 N–H and O–H groups in total. The van der Waals surface area contributed by atoms with Gasteiger partial charge in [0.15, 0.2) is 0 Å². The SMILES string of the molecule is CCC(C)N(Cc1cccn1Cc1ccccc1)C(=O)c1cccc(F)c1. The Hall–Kier alpha value is -2.88. The van der Waals surface area contributed by atoms with Crippen molar-refractivity contribution < 1.29 is 9.18 Å². The summed E-state index contributed by atoms with van der Waals surface area (Å²) in [5, 5.41) is 0. The molecule has 0 aliphatic carbocycles. The van der Waals surface area contributed by atoms with Crippen molar-refractivity contribution in [3.63, 3.8) is 0 Å². The maximum absolute atomic E-state index is 13.6. The Labute approximate surface area is 160 Å². The molecule has 0 saturated heterocycles. The van der Waals surface area contributed by atoms with Crippen LogP contribution < -0.4 is 0 Å². The quantitative estimate of drug-likeness (QED) is 0.571. The lowest BCUT2D eigenvalue weighted by Crippen LogP contribution is -2.38. The highest BCUT2D eigenvalue weighted by Gasteiger charge is 2.22. The highest BCUT2D eigenvalue weighted by atomic mass is 19.1. The molecular weight excluding hydrogens is 339 g/mol. The smallest absolute Gasteiger partial charge is 0.254 e. The van der Waals surface area contributed by atoms with Crippen LogP contribution in [-0.4, -0.2) is 21.4 Å². The van der Waals surface area contributed by atoms with Gasteiger partial charge < -0.3 is 9.47 Å². The Kier molecular flexibility index (Phi) is 6.07. The van der Waals surface area contributed by atoms with Crippen molar-refractivity contribution in [2.45, 2.75) is 39.4 Å². The van der Waals surface area contributed by atoms with E-state index >= 15 is 0 Å². The molecule has 0 bridgehead atoms. The first kappa shape index (κ1) is 18.9. The van der Waals surface area contributed by atoms with Gasteiger partial charge >= 0.3 is 0 Å². The maximum atomic E-state index is 13.6. The van der Waals surface area contributed by atoms with Crippen LogP contribution in [0.4, 0.5) is 4.39 Å². The number of halogens is 1. The third kappa shape index (κ3) is 4.64. The maximum Gasteiger partial charge on any atom is 0.254 e. The van der Waals surface area contributed by atoms with Crippen molar-refractivity contribution in [1.82, 2.24) is 9.47 Å². The standard InChI is InChI=1S/C23H25FN2O/c1-3-18(2)26(23(27)20-11-7-12-21(24)15-20)17-22-13-8-14-25(22)16-19-9-5-4-6-10-19/h4-15,18H,3,16-17H2,1-2H3. The van der Waals surface area contributed by atoms with E-state index in [2.05, 4.69) is 23.6 Å². The van der Waals surface area contributed by atoms with Gasteiger partial charge in [0.2, 0.25) is 0 Å². The summed E-state index contributed by atoms with van der Waals surface area (Å²) in [6, 6.07) is 20.2. The molecule has 2 aromatic carbocycles. The zero-order valence-corrected chi connectivity index (χ0v) is 15.8. The minimum atomic E-state index is -0.391. The molecule has 27 heavy (non-hydrogen) atoms. The van der Waals surface area contributed by atoms with Gasteiger partial charge in [-0.1, -0.05) is 43.3 Å². The van der Waals surface area contributed by atoms with E-state index in [9.17, 15) is 9.18 Å². The first-order chi connectivity index (χ1) is 13.1. The van der Waals surface area contributed by atoms with Crippen LogP contribution in [0.15, 0.2) is 72.9 Å². The largest absolute Gasteiger partial charge is 0.345 e. The van der Waals surface area contributed by atoms with Gasteiger partial charge in [-0.05, 0) is 49.2 Å². The summed E-state index contributed by atoms with van der Waals surface area (Å²) in [4.78, 5) is 14.9. The number of hydrogen-bond donors (Lipinski definition) is 0. The van der Waals surface area contributed by atoms with Crippen molar-refractivity contribution in [2.24, 2.45) is 0 Å². The Balaban J connectivity index is 1.84. The molecule has 1 unspecified atom stereocenters. The van der Waals surface area contributed by atoms with Gasteiger partial charge in [-0.15, -0.1) is 0 Å². The highest BCUT2D eigenvalue weighted by molar-refractivity contribution is 5.94. The van der Waals surface area contributed by atoms with Crippen LogP contribution in [-0.2, 0) is 13.1 Å². The van der Waals surface area contributed by atoms with E-state index in [1.807, 2.05) is 48.4 Å². The molecule has 0 aliphatic rings. The molecular formula is C23H25FN2O. The summed E-state index contributed by atoms with van der Waals surface area (Å²) in [6.07, 6.45) is 2.87. The van der Waals surface area contributed by atoms with Crippen LogP contribution in [0.1, 0.15) is 41.9 Å². The molecule has 3 aromatic rings. The monoisotopic (exact) mass is 364 g/mol. The molecule has 0 spiro atoms. The van der Waals surface area contributed by atoms with E-state index in [-0.39, 0.29) is 11.9 Å². The molecule has 140 valence electrons. The lowest BCUT2D eigenvalue weighted by Gasteiger charge is -2.29. The topological polar surface area (TPSA) is 25.2 Å². The molecule has 1 amide bonds. The van der Waals surface area contributed by atoms with Crippen molar-refractivity contribution in [3.8, 4) is 0 Å². The average Bonchev–Trinajstić information content (AvgIpc) is 3.12. The fourth-order valence-electron chi connectivity index (χ4n) is 3.14. The normalized spacial score (nSPS) is 12.0. The lowest BCUT2D eigenvalue weighted by atomic mass is 10.1. The predicted molar refractivity (Wildman–Crippen MR) is 106 cm³/mol. The summed E-state index contributed by atoms with van der Waals surface area (Å²) in [6.45, 7) is 5.33. The number of carbonyl (C=O) groups is 1. The number of benzene rings is 2. The van der Waals surface area contributed by atoms with Crippen LogP contribution in [0.25, 0.3) is 0 Å². The van der Waals surface area contributed by atoms with Crippen LogP contribution in [0.3, 0.4) is 0 Å². The summed E-state index contributed by atoms with van der Waals surface area (Å²) >= 11 is 0. The zero-order chi connectivity index (χ0) is 19.2. The molecule has 0 fully saturated rings. The third-order valence-corrected chi connectivity index (χ3v) is 4.91. The molecule has 3 rings (SSSR count). The first-order valence-electron chi connectivity index (χ1n) is 9.33. The van der Waals surface area contributed by atoms with Crippen LogP contribution in [0.2, 0.25) is 0 Å². The second-order valence-electron chi connectivity index (χ2n) is 6.81. The Morgan fingerprint density at radius 1 is 1.07 bits per heavy atom. The minimum absolute atomic E-state index is 0.0563. The second-order valence-corrected chi connectivity index (χ2v) is 6.81. The fourth-order valence-corrected chi connectivity index (χ4v) is 3.14. The third-order valence-electron chi connectivity index (χ3n) is 4.91. The van der Waals surface area contributed by atoms with E-state index in [4.69, 9.17) is 0 Å². The second kappa shape index (κ2) is 8.67. The van der Waals surface area contributed by atoms with Crippen LogP contribution >= 0.6 is 0 Å². The zero-order valence-electron chi connectivity index (χ0n) is 15.8. The molecule has 0 radical (unpaired) electrons. The molecule has 1 aromatic heterocycles. The van der Waals surface area contributed by atoms with Gasteiger partial charge in [-0.2, -0.15) is 0 Å². The molecule has 1 heterocycles. The number of aromatic nitrogens is 1. The predicted octanol–water partition coefficient (Wildman–Crippen LogP) is 5.12. The number of amides is 1. The van der Waals surface area contributed by atoms with Gasteiger partial charge in [0, 0.05) is 30.0 Å². The Morgan fingerprint density at radius 2 is 1.85 bits per heavy atom. The van der Waals surface area contributed by atoms with Crippen LogP contribution in [0, 0.1) is 5.82 Å². The van der Waals surface area contributed by atoms with E-state index in [0.29, 0.717) is 12.1 Å². The highest BCUT2D eigenvalue weighted by Crippen LogP contribution is 2.17. The molecule has 1 atom stereocenters. The van der Waals surface area contributed by atoms with Gasteiger partial charge in [-0.3, -0.25) is 4.79 Å². The summed E-state index contributed by atoms with van der Waals surface area (Å²) in [7, 11) is 0.